The number of aromatic amines is 1. The molecule has 0 saturated carbocycles. The molecule has 0 aromatic carbocycles. The number of aromatic nitrogens is 2. The Morgan fingerprint density at radius 2 is 2.00 bits per heavy atom. The van der Waals surface area contributed by atoms with Crippen LogP contribution in [0.15, 0.2) is 28.9 Å². The monoisotopic (exact) mass is 358 g/mol. The van der Waals surface area contributed by atoms with Gasteiger partial charge in [-0.25, -0.2) is 0 Å². The van der Waals surface area contributed by atoms with Gasteiger partial charge in [-0.05, 0) is 37.8 Å². The Morgan fingerprint density at radius 3 is 2.65 bits per heavy atom. The van der Waals surface area contributed by atoms with E-state index in [0.717, 1.165) is 57.6 Å². The van der Waals surface area contributed by atoms with E-state index in [1.54, 1.807) is 19.4 Å². The number of amides is 1. The minimum Gasteiger partial charge on any atom is -0.463 e. The number of nitrogens with zero attached hydrogens (tertiary/aromatic N) is 3. The molecule has 0 aliphatic carbocycles. The fourth-order valence-electron chi connectivity index (χ4n) is 4.06. The zero-order valence-electron chi connectivity index (χ0n) is 15.2. The highest BCUT2D eigenvalue weighted by atomic mass is 16.5. The molecule has 4 heterocycles. The van der Waals surface area contributed by atoms with Crippen LogP contribution in [0.25, 0.3) is 11.5 Å². The van der Waals surface area contributed by atoms with Gasteiger partial charge in [0.2, 0.25) is 0 Å². The van der Waals surface area contributed by atoms with Crippen LogP contribution in [0.3, 0.4) is 0 Å². The van der Waals surface area contributed by atoms with Gasteiger partial charge in [0.15, 0.2) is 11.5 Å². The summed E-state index contributed by atoms with van der Waals surface area (Å²) in [4.78, 5) is 17.2. The van der Waals surface area contributed by atoms with Crippen molar-refractivity contribution in [2.45, 2.75) is 37.8 Å². The summed E-state index contributed by atoms with van der Waals surface area (Å²) in [6, 6.07) is 6.01. The quantitative estimate of drug-likeness (QED) is 0.908. The van der Waals surface area contributed by atoms with Gasteiger partial charge in [-0.3, -0.25) is 9.89 Å². The van der Waals surface area contributed by atoms with E-state index in [4.69, 9.17) is 9.15 Å². The zero-order valence-corrected chi connectivity index (χ0v) is 15.2. The van der Waals surface area contributed by atoms with E-state index >= 15 is 0 Å². The Morgan fingerprint density at radius 1 is 1.23 bits per heavy atom. The smallest absolute Gasteiger partial charge is 0.274 e. The van der Waals surface area contributed by atoms with E-state index in [-0.39, 0.29) is 5.91 Å². The summed E-state index contributed by atoms with van der Waals surface area (Å²) < 4.78 is 10.8. The highest BCUT2D eigenvalue weighted by molar-refractivity contribution is 5.93. The fraction of sp³-hybridized carbons (Fsp3) is 0.579. The number of methoxy groups -OCH3 is 1. The molecule has 7 nitrogen and oxygen atoms in total. The second-order valence-corrected chi connectivity index (χ2v) is 7.14. The summed E-state index contributed by atoms with van der Waals surface area (Å²) in [5.41, 5.74) is 1.19. The number of nitrogens with one attached hydrogen (secondary N) is 1. The van der Waals surface area contributed by atoms with Crippen molar-refractivity contribution in [2.24, 2.45) is 0 Å². The molecule has 1 N–H and O–H groups in total. The van der Waals surface area contributed by atoms with Gasteiger partial charge in [-0.1, -0.05) is 0 Å². The predicted octanol–water partition coefficient (Wildman–Crippen LogP) is 2.39. The third-order valence-corrected chi connectivity index (χ3v) is 5.66. The molecule has 2 saturated heterocycles. The van der Waals surface area contributed by atoms with Gasteiger partial charge in [0, 0.05) is 45.4 Å². The van der Waals surface area contributed by atoms with Crippen molar-refractivity contribution in [1.29, 1.82) is 0 Å². The number of piperidine rings is 2. The Hall–Kier alpha value is -2.12. The molecule has 140 valence electrons. The second-order valence-electron chi connectivity index (χ2n) is 7.14. The molecule has 26 heavy (non-hydrogen) atoms. The summed E-state index contributed by atoms with van der Waals surface area (Å²) in [6.45, 7) is 3.78. The van der Waals surface area contributed by atoms with Crippen molar-refractivity contribution in [3.05, 3.63) is 30.2 Å². The van der Waals surface area contributed by atoms with Gasteiger partial charge >= 0.3 is 0 Å². The van der Waals surface area contributed by atoms with E-state index in [1.165, 1.54) is 0 Å². The van der Waals surface area contributed by atoms with E-state index < -0.39 is 0 Å². The lowest BCUT2D eigenvalue weighted by molar-refractivity contribution is 0.0145. The maximum atomic E-state index is 12.7. The third-order valence-electron chi connectivity index (χ3n) is 5.66. The number of hydrogen-bond acceptors (Lipinski definition) is 5. The molecule has 2 aliphatic rings. The van der Waals surface area contributed by atoms with Gasteiger partial charge in [-0.2, -0.15) is 5.10 Å². The van der Waals surface area contributed by atoms with Crippen LogP contribution in [0.5, 0.6) is 0 Å². The Kier molecular flexibility index (Phi) is 5.08. The summed E-state index contributed by atoms with van der Waals surface area (Å²) in [5, 5.41) is 7.06. The van der Waals surface area contributed by atoms with Crippen LogP contribution < -0.4 is 0 Å². The minimum absolute atomic E-state index is 0.00408. The average molecular weight is 358 g/mol. The van der Waals surface area contributed by atoms with Crippen molar-refractivity contribution < 1.29 is 13.9 Å². The molecule has 4 rings (SSSR count). The zero-order chi connectivity index (χ0) is 17.9. The van der Waals surface area contributed by atoms with Crippen LogP contribution in [0.1, 0.15) is 36.2 Å². The van der Waals surface area contributed by atoms with Crippen LogP contribution in [-0.4, -0.2) is 71.3 Å². The molecule has 2 aliphatic heterocycles. The van der Waals surface area contributed by atoms with Crippen LogP contribution in [-0.2, 0) is 4.74 Å². The number of likely N-dealkylation sites (tertiary alicyclic amines) is 2. The Labute approximate surface area is 153 Å². The maximum absolute atomic E-state index is 12.7. The van der Waals surface area contributed by atoms with E-state index in [0.29, 0.717) is 23.6 Å². The summed E-state index contributed by atoms with van der Waals surface area (Å²) >= 11 is 0. The second kappa shape index (κ2) is 7.63. The van der Waals surface area contributed by atoms with Crippen molar-refractivity contribution >= 4 is 5.91 Å². The molecular formula is C19H26N4O3. The van der Waals surface area contributed by atoms with Gasteiger partial charge in [0.1, 0.15) is 5.69 Å². The number of ether oxygens (including phenoxy) is 1. The molecule has 2 aromatic heterocycles. The molecule has 0 bridgehead atoms. The predicted molar refractivity (Wildman–Crippen MR) is 96.8 cm³/mol. The van der Waals surface area contributed by atoms with E-state index in [9.17, 15) is 4.79 Å². The van der Waals surface area contributed by atoms with E-state index in [1.807, 2.05) is 17.0 Å². The Balaban J connectivity index is 1.31. The molecule has 7 heteroatoms. The number of hydrogen-bond donors (Lipinski definition) is 1. The van der Waals surface area contributed by atoms with Crippen LogP contribution >= 0.6 is 0 Å². The van der Waals surface area contributed by atoms with Gasteiger partial charge in [0.25, 0.3) is 5.91 Å². The lowest BCUT2D eigenvalue weighted by Gasteiger charge is -2.41. The lowest BCUT2D eigenvalue weighted by atomic mass is 9.98. The highest BCUT2D eigenvalue weighted by Gasteiger charge is 2.30. The molecule has 0 spiro atoms. The minimum atomic E-state index is -0.00408. The number of H-pyrrole nitrogens is 1. The van der Waals surface area contributed by atoms with Crippen LogP contribution in [0.4, 0.5) is 0 Å². The SMILES string of the molecule is COC1CCN(C2CCN(C(=O)c3cc(-c4ccco4)[nH]n3)CC2)CC1. The standard InChI is InChI=1S/C19H26N4O3/c1-25-15-6-10-22(11-7-15)14-4-8-23(9-5-14)19(24)17-13-16(20-21-17)18-3-2-12-26-18/h2-3,12-15H,4-11H2,1H3,(H,20,21). The van der Waals surface area contributed by atoms with Gasteiger partial charge in [-0.15, -0.1) is 0 Å². The summed E-state index contributed by atoms with van der Waals surface area (Å²) in [6.07, 6.45) is 6.29. The van der Waals surface area contributed by atoms with Crippen molar-refractivity contribution in [1.82, 2.24) is 20.0 Å². The fourth-order valence-corrected chi connectivity index (χ4v) is 4.06. The number of carbonyl (C=O) groups excluding carboxylic acids is 1. The Bertz CT molecular complexity index is 711. The molecule has 1 amide bonds. The first-order chi connectivity index (χ1) is 12.7. The van der Waals surface area contributed by atoms with Gasteiger partial charge < -0.3 is 19.0 Å². The molecule has 0 unspecified atom stereocenters. The molecule has 2 aromatic rings. The van der Waals surface area contributed by atoms with Crippen molar-refractivity contribution in [2.75, 3.05) is 33.3 Å². The van der Waals surface area contributed by atoms with Gasteiger partial charge in [0.05, 0.1) is 12.4 Å². The van der Waals surface area contributed by atoms with Crippen LogP contribution in [0.2, 0.25) is 0 Å². The molecule has 0 atom stereocenters. The van der Waals surface area contributed by atoms with Crippen LogP contribution in [0, 0.1) is 0 Å². The third kappa shape index (κ3) is 3.54. The first kappa shape index (κ1) is 17.3. The first-order valence-corrected chi connectivity index (χ1v) is 9.40. The first-order valence-electron chi connectivity index (χ1n) is 9.40. The van der Waals surface area contributed by atoms with Crippen molar-refractivity contribution in [3.63, 3.8) is 0 Å². The maximum Gasteiger partial charge on any atom is 0.274 e. The number of carbonyl (C=O) groups is 1. The van der Waals surface area contributed by atoms with E-state index in [2.05, 4.69) is 15.1 Å². The summed E-state index contributed by atoms with van der Waals surface area (Å²) in [7, 11) is 1.80. The molecule has 2 fully saturated rings. The van der Waals surface area contributed by atoms with Crippen molar-refractivity contribution in [3.8, 4) is 11.5 Å². The topological polar surface area (TPSA) is 74.6 Å². The average Bonchev–Trinajstić information content (AvgIpc) is 3.39. The number of rotatable bonds is 4. The molecular weight excluding hydrogens is 332 g/mol. The normalized spacial score (nSPS) is 20.6. The summed E-state index contributed by atoms with van der Waals surface area (Å²) in [5.74, 6) is 0.685. The largest absolute Gasteiger partial charge is 0.463 e. The molecule has 0 radical (unpaired) electrons. The lowest BCUT2D eigenvalue weighted by Crippen LogP contribution is -2.49. The number of furan rings is 1. The highest BCUT2D eigenvalue weighted by Crippen LogP contribution is 2.24.